The molecule has 1 atom stereocenters. The minimum absolute atomic E-state index is 0.0466. The van der Waals surface area contributed by atoms with E-state index in [0.29, 0.717) is 6.54 Å². The number of rotatable bonds is 5. The highest BCUT2D eigenvalue weighted by molar-refractivity contribution is 6.02. The van der Waals surface area contributed by atoms with Gasteiger partial charge in [-0.15, -0.1) is 0 Å². The molecule has 5 heteroatoms. The molecule has 1 saturated heterocycles. The standard InChI is InChI=1S/C25H25N3O2/c1-17-13-20(14-21(15-26)25(29)27-16-22-9-6-12-30-22)18(2)28(17)24-11-5-8-19-7-3-4-10-23(19)24/h3-5,7-8,10-11,13-14,22H,6,9,12,16H2,1-2H3,(H,27,29)/b21-14+/t22-/m1/s1. The van der Waals surface area contributed by atoms with Crippen molar-refractivity contribution < 1.29 is 9.53 Å². The molecular weight excluding hydrogens is 374 g/mol. The van der Waals surface area contributed by atoms with Crippen molar-refractivity contribution in [2.45, 2.75) is 32.8 Å². The molecule has 1 N–H and O–H groups in total. The van der Waals surface area contributed by atoms with Crippen LogP contribution >= 0.6 is 0 Å². The molecule has 0 radical (unpaired) electrons. The minimum atomic E-state index is -0.358. The highest BCUT2D eigenvalue weighted by Crippen LogP contribution is 2.28. The van der Waals surface area contributed by atoms with Gasteiger partial charge in [0.2, 0.25) is 0 Å². The lowest BCUT2D eigenvalue weighted by Gasteiger charge is -2.13. The van der Waals surface area contributed by atoms with Crippen LogP contribution in [-0.2, 0) is 9.53 Å². The van der Waals surface area contributed by atoms with Gasteiger partial charge in [-0.2, -0.15) is 5.26 Å². The monoisotopic (exact) mass is 399 g/mol. The van der Waals surface area contributed by atoms with Gasteiger partial charge in [-0.05, 0) is 55.8 Å². The molecule has 1 aliphatic heterocycles. The minimum Gasteiger partial charge on any atom is -0.376 e. The zero-order valence-electron chi connectivity index (χ0n) is 17.3. The first kappa shape index (κ1) is 19.9. The summed E-state index contributed by atoms with van der Waals surface area (Å²) < 4.78 is 7.71. The molecule has 4 rings (SSSR count). The molecule has 0 spiro atoms. The van der Waals surface area contributed by atoms with Crippen molar-refractivity contribution in [2.75, 3.05) is 13.2 Å². The van der Waals surface area contributed by atoms with Gasteiger partial charge < -0.3 is 14.6 Å². The summed E-state index contributed by atoms with van der Waals surface area (Å²) in [5.41, 5.74) is 4.09. The van der Waals surface area contributed by atoms with E-state index in [2.05, 4.69) is 40.2 Å². The zero-order chi connectivity index (χ0) is 21.1. The number of hydrogen-bond donors (Lipinski definition) is 1. The molecule has 0 bridgehead atoms. The van der Waals surface area contributed by atoms with Crippen LogP contribution in [0.15, 0.2) is 54.1 Å². The molecule has 1 amide bonds. The van der Waals surface area contributed by atoms with Crippen LogP contribution in [0.2, 0.25) is 0 Å². The molecule has 1 fully saturated rings. The summed E-state index contributed by atoms with van der Waals surface area (Å²) in [6, 6.07) is 18.6. The van der Waals surface area contributed by atoms with Crippen molar-refractivity contribution in [3.8, 4) is 11.8 Å². The van der Waals surface area contributed by atoms with Crippen LogP contribution in [0, 0.1) is 25.2 Å². The first-order valence-electron chi connectivity index (χ1n) is 10.3. The van der Waals surface area contributed by atoms with E-state index in [-0.39, 0.29) is 17.6 Å². The summed E-state index contributed by atoms with van der Waals surface area (Å²) in [5.74, 6) is -0.358. The van der Waals surface area contributed by atoms with Gasteiger partial charge >= 0.3 is 0 Å². The maximum absolute atomic E-state index is 12.5. The molecule has 5 nitrogen and oxygen atoms in total. The topological polar surface area (TPSA) is 67.1 Å². The van der Waals surface area contributed by atoms with Crippen LogP contribution in [0.25, 0.3) is 22.5 Å². The van der Waals surface area contributed by atoms with Crippen molar-refractivity contribution in [3.05, 3.63) is 71.1 Å². The average molecular weight is 399 g/mol. The normalized spacial score (nSPS) is 16.6. The number of ether oxygens (including phenoxy) is 1. The van der Waals surface area contributed by atoms with Crippen LogP contribution in [0.1, 0.15) is 29.8 Å². The third-order valence-corrected chi connectivity index (χ3v) is 5.66. The Balaban J connectivity index is 1.65. The Morgan fingerprint density at radius 1 is 1.27 bits per heavy atom. The molecule has 2 heterocycles. The lowest BCUT2D eigenvalue weighted by molar-refractivity contribution is -0.117. The number of nitrogens with zero attached hydrogens (tertiary/aromatic N) is 2. The summed E-state index contributed by atoms with van der Waals surface area (Å²) in [5, 5.41) is 14.7. The Hall–Kier alpha value is -3.36. The molecule has 1 aromatic heterocycles. The van der Waals surface area contributed by atoms with E-state index in [9.17, 15) is 10.1 Å². The predicted octanol–water partition coefficient (Wildman–Crippen LogP) is 4.45. The van der Waals surface area contributed by atoms with Gasteiger partial charge in [0.25, 0.3) is 5.91 Å². The van der Waals surface area contributed by atoms with E-state index >= 15 is 0 Å². The molecule has 0 unspecified atom stereocenters. The highest BCUT2D eigenvalue weighted by atomic mass is 16.5. The SMILES string of the molecule is Cc1cc(/C=C(\C#N)C(=O)NC[C@H]2CCCO2)c(C)n1-c1cccc2ccccc12. The molecular formula is C25H25N3O2. The van der Waals surface area contributed by atoms with E-state index < -0.39 is 0 Å². The largest absolute Gasteiger partial charge is 0.376 e. The first-order chi connectivity index (χ1) is 14.6. The van der Waals surface area contributed by atoms with E-state index in [0.717, 1.165) is 47.5 Å². The summed E-state index contributed by atoms with van der Waals surface area (Å²) in [6.45, 7) is 5.23. The number of aryl methyl sites for hydroxylation is 1. The zero-order valence-corrected chi connectivity index (χ0v) is 17.3. The second-order valence-corrected chi connectivity index (χ2v) is 7.68. The molecule has 3 aromatic rings. The number of benzene rings is 2. The Labute approximate surface area is 176 Å². The maximum atomic E-state index is 12.5. The average Bonchev–Trinajstić information content (AvgIpc) is 3.37. The van der Waals surface area contributed by atoms with Gasteiger partial charge in [-0.1, -0.05) is 36.4 Å². The fourth-order valence-corrected chi connectivity index (χ4v) is 4.12. The summed E-state index contributed by atoms with van der Waals surface area (Å²) in [4.78, 5) is 12.5. The van der Waals surface area contributed by atoms with E-state index in [1.165, 1.54) is 5.39 Å². The van der Waals surface area contributed by atoms with Crippen LogP contribution in [0.3, 0.4) is 0 Å². The number of carbonyl (C=O) groups is 1. The first-order valence-corrected chi connectivity index (χ1v) is 10.3. The van der Waals surface area contributed by atoms with Crippen molar-refractivity contribution in [1.29, 1.82) is 5.26 Å². The summed E-state index contributed by atoms with van der Waals surface area (Å²) in [7, 11) is 0. The fourth-order valence-electron chi connectivity index (χ4n) is 4.12. The fraction of sp³-hybridized carbons (Fsp3) is 0.280. The van der Waals surface area contributed by atoms with E-state index in [4.69, 9.17) is 4.74 Å². The molecule has 1 aliphatic rings. The third-order valence-electron chi connectivity index (χ3n) is 5.66. The number of fused-ring (bicyclic) bond motifs is 1. The molecule has 0 saturated carbocycles. The predicted molar refractivity (Wildman–Crippen MR) is 118 cm³/mol. The Bertz CT molecular complexity index is 1160. The molecule has 152 valence electrons. The van der Waals surface area contributed by atoms with Crippen molar-refractivity contribution in [2.24, 2.45) is 0 Å². The van der Waals surface area contributed by atoms with Crippen LogP contribution in [0.5, 0.6) is 0 Å². The molecule has 0 aliphatic carbocycles. The second-order valence-electron chi connectivity index (χ2n) is 7.68. The lowest BCUT2D eigenvalue weighted by atomic mass is 10.1. The number of hydrogen-bond acceptors (Lipinski definition) is 3. The molecule has 2 aromatic carbocycles. The van der Waals surface area contributed by atoms with Crippen molar-refractivity contribution >= 4 is 22.8 Å². The van der Waals surface area contributed by atoms with Crippen LogP contribution in [-0.4, -0.2) is 29.7 Å². The van der Waals surface area contributed by atoms with Gasteiger partial charge in [0.05, 0.1) is 11.8 Å². The number of amides is 1. The number of nitrogens with one attached hydrogen (secondary N) is 1. The smallest absolute Gasteiger partial charge is 0.262 e. The lowest BCUT2D eigenvalue weighted by Crippen LogP contribution is -2.32. The van der Waals surface area contributed by atoms with Crippen molar-refractivity contribution in [1.82, 2.24) is 9.88 Å². The Morgan fingerprint density at radius 3 is 2.83 bits per heavy atom. The number of nitriles is 1. The van der Waals surface area contributed by atoms with Crippen molar-refractivity contribution in [3.63, 3.8) is 0 Å². The van der Waals surface area contributed by atoms with Gasteiger partial charge in [0.1, 0.15) is 11.6 Å². The Kier molecular flexibility index (Phi) is 5.69. The second kappa shape index (κ2) is 8.56. The maximum Gasteiger partial charge on any atom is 0.262 e. The van der Waals surface area contributed by atoms with Crippen LogP contribution < -0.4 is 5.32 Å². The third kappa shape index (κ3) is 3.87. The number of carbonyl (C=O) groups excluding carboxylic acids is 1. The number of aromatic nitrogens is 1. The van der Waals surface area contributed by atoms with Gasteiger partial charge in [-0.25, -0.2) is 0 Å². The summed E-state index contributed by atoms with van der Waals surface area (Å²) in [6.07, 6.45) is 3.68. The van der Waals surface area contributed by atoms with Gasteiger partial charge in [0, 0.05) is 29.9 Å². The van der Waals surface area contributed by atoms with E-state index in [1.54, 1.807) is 6.08 Å². The van der Waals surface area contributed by atoms with E-state index in [1.807, 2.05) is 38.1 Å². The molecule has 30 heavy (non-hydrogen) atoms. The quantitative estimate of drug-likeness (QED) is 0.509. The highest BCUT2D eigenvalue weighted by Gasteiger charge is 2.18. The van der Waals surface area contributed by atoms with Gasteiger partial charge in [0.15, 0.2) is 0 Å². The van der Waals surface area contributed by atoms with Gasteiger partial charge in [-0.3, -0.25) is 4.79 Å². The summed E-state index contributed by atoms with van der Waals surface area (Å²) >= 11 is 0. The Morgan fingerprint density at radius 2 is 2.07 bits per heavy atom. The van der Waals surface area contributed by atoms with Crippen LogP contribution in [0.4, 0.5) is 0 Å².